The molecule has 0 radical (unpaired) electrons. The highest BCUT2D eigenvalue weighted by atomic mass is 16.5. The Kier molecular flexibility index (Phi) is 6.71. The molecule has 3 rings (SSSR count). The molecule has 2 aromatic rings. The van der Waals surface area contributed by atoms with E-state index in [-0.39, 0.29) is 19.2 Å². The Labute approximate surface area is 170 Å². The molecule has 1 aliphatic heterocycles. The van der Waals surface area contributed by atoms with E-state index in [0.717, 1.165) is 5.69 Å². The molecule has 0 saturated carbocycles. The summed E-state index contributed by atoms with van der Waals surface area (Å²) in [6.07, 6.45) is 0. The Morgan fingerprint density at radius 2 is 1.90 bits per heavy atom. The van der Waals surface area contributed by atoms with Crippen molar-refractivity contribution in [3.63, 3.8) is 0 Å². The lowest BCUT2D eigenvalue weighted by atomic mass is 10.1. The van der Waals surface area contributed by atoms with E-state index in [1.807, 2.05) is 30.0 Å². The van der Waals surface area contributed by atoms with Gasteiger partial charge >= 0.3 is 6.01 Å². The van der Waals surface area contributed by atoms with Crippen molar-refractivity contribution in [1.29, 1.82) is 0 Å². The third-order valence-corrected chi connectivity index (χ3v) is 4.39. The first-order chi connectivity index (χ1) is 13.8. The molecule has 29 heavy (non-hydrogen) atoms. The molecule has 0 amide bonds. The maximum Gasteiger partial charge on any atom is 0.321 e. The standard InChI is InChI=1S/C20H28N6O3/c1-14-5-6-16(11-15(14)2)25-21-12-17-22-18(26-7-9-28-10-8-26)24-19(23-17)29-13-20(3,4)27/h5-6,11,27H,7-10,12-13H2,1-4H3. The van der Waals surface area contributed by atoms with E-state index in [9.17, 15) is 5.11 Å². The lowest BCUT2D eigenvalue weighted by Crippen LogP contribution is -2.37. The molecule has 1 saturated heterocycles. The summed E-state index contributed by atoms with van der Waals surface area (Å²) in [5.41, 5.74) is 2.17. The van der Waals surface area contributed by atoms with Gasteiger partial charge in [-0.25, -0.2) is 0 Å². The number of aromatic nitrogens is 3. The molecule has 0 aliphatic carbocycles. The van der Waals surface area contributed by atoms with E-state index in [4.69, 9.17) is 9.47 Å². The van der Waals surface area contributed by atoms with Gasteiger partial charge in [-0.2, -0.15) is 25.2 Å². The van der Waals surface area contributed by atoms with Crippen LogP contribution in [0.5, 0.6) is 6.01 Å². The molecule has 9 heteroatoms. The molecule has 1 aromatic carbocycles. The number of ether oxygens (including phenoxy) is 2. The lowest BCUT2D eigenvalue weighted by Gasteiger charge is -2.27. The molecule has 156 valence electrons. The fraction of sp³-hybridized carbons (Fsp3) is 0.550. The molecule has 1 fully saturated rings. The minimum atomic E-state index is -0.991. The summed E-state index contributed by atoms with van der Waals surface area (Å²) < 4.78 is 11.0. The summed E-state index contributed by atoms with van der Waals surface area (Å²) in [4.78, 5) is 15.3. The molecule has 0 unspecified atom stereocenters. The highest BCUT2D eigenvalue weighted by Crippen LogP contribution is 2.19. The smallest absolute Gasteiger partial charge is 0.321 e. The van der Waals surface area contributed by atoms with Gasteiger partial charge in [0.15, 0.2) is 5.82 Å². The number of anilines is 1. The van der Waals surface area contributed by atoms with Crippen molar-refractivity contribution in [2.24, 2.45) is 10.2 Å². The second kappa shape index (κ2) is 9.23. The van der Waals surface area contributed by atoms with Crippen LogP contribution in [0.1, 0.15) is 30.8 Å². The number of nitrogens with zero attached hydrogens (tertiary/aromatic N) is 6. The van der Waals surface area contributed by atoms with Crippen LogP contribution >= 0.6 is 0 Å². The fourth-order valence-electron chi connectivity index (χ4n) is 2.64. The van der Waals surface area contributed by atoms with Gasteiger partial charge in [0.2, 0.25) is 5.95 Å². The minimum Gasteiger partial charge on any atom is -0.460 e. The zero-order valence-corrected chi connectivity index (χ0v) is 17.4. The third-order valence-electron chi connectivity index (χ3n) is 4.39. The summed E-state index contributed by atoms with van der Waals surface area (Å²) in [6, 6.07) is 6.10. The molecule has 1 N–H and O–H groups in total. The molecule has 1 aromatic heterocycles. The second-order valence-electron chi connectivity index (χ2n) is 7.70. The maximum atomic E-state index is 9.92. The number of azo groups is 1. The molecule has 0 spiro atoms. The second-order valence-corrected chi connectivity index (χ2v) is 7.70. The zero-order valence-electron chi connectivity index (χ0n) is 17.4. The molecule has 2 heterocycles. The largest absolute Gasteiger partial charge is 0.460 e. The Morgan fingerprint density at radius 3 is 2.59 bits per heavy atom. The minimum absolute atomic E-state index is 0.0726. The summed E-state index contributed by atoms with van der Waals surface area (Å²) in [6.45, 7) is 10.3. The fourth-order valence-corrected chi connectivity index (χ4v) is 2.64. The number of aryl methyl sites for hydroxylation is 2. The molecular weight excluding hydrogens is 372 g/mol. The number of hydrogen-bond donors (Lipinski definition) is 1. The van der Waals surface area contributed by atoms with Gasteiger partial charge in [-0.1, -0.05) is 6.07 Å². The van der Waals surface area contributed by atoms with Crippen LogP contribution in [0.3, 0.4) is 0 Å². The van der Waals surface area contributed by atoms with Crippen molar-refractivity contribution in [3.05, 3.63) is 35.2 Å². The average molecular weight is 400 g/mol. The van der Waals surface area contributed by atoms with Crippen LogP contribution in [0.2, 0.25) is 0 Å². The predicted octanol–water partition coefficient (Wildman–Crippen LogP) is 2.76. The lowest BCUT2D eigenvalue weighted by molar-refractivity contribution is 0.0248. The quantitative estimate of drug-likeness (QED) is 0.712. The SMILES string of the molecule is Cc1ccc(N=NCc2nc(OCC(C)(C)O)nc(N3CCOCC3)n2)cc1C. The van der Waals surface area contributed by atoms with E-state index >= 15 is 0 Å². The van der Waals surface area contributed by atoms with Gasteiger partial charge in [0.25, 0.3) is 0 Å². The van der Waals surface area contributed by atoms with Crippen molar-refractivity contribution in [1.82, 2.24) is 15.0 Å². The molecule has 0 bridgehead atoms. The molecule has 9 nitrogen and oxygen atoms in total. The van der Waals surface area contributed by atoms with Crippen LogP contribution in [0, 0.1) is 13.8 Å². The van der Waals surface area contributed by atoms with Crippen molar-refractivity contribution in [2.45, 2.75) is 39.8 Å². The van der Waals surface area contributed by atoms with Crippen LogP contribution in [-0.2, 0) is 11.3 Å². The number of rotatable bonds is 7. The topological polar surface area (TPSA) is 105 Å². The van der Waals surface area contributed by atoms with E-state index in [0.29, 0.717) is 38.1 Å². The van der Waals surface area contributed by atoms with Crippen molar-refractivity contribution in [2.75, 3.05) is 37.8 Å². The summed E-state index contributed by atoms with van der Waals surface area (Å²) >= 11 is 0. The first-order valence-corrected chi connectivity index (χ1v) is 9.68. The summed E-state index contributed by atoms with van der Waals surface area (Å²) in [5, 5.41) is 18.4. The first-order valence-electron chi connectivity index (χ1n) is 9.68. The highest BCUT2D eigenvalue weighted by molar-refractivity contribution is 5.42. The number of aliphatic hydroxyl groups is 1. The van der Waals surface area contributed by atoms with Gasteiger partial charge in [-0.3, -0.25) is 0 Å². The van der Waals surface area contributed by atoms with Gasteiger partial charge in [0, 0.05) is 13.1 Å². The van der Waals surface area contributed by atoms with Gasteiger partial charge in [-0.15, -0.1) is 0 Å². The van der Waals surface area contributed by atoms with Crippen LogP contribution < -0.4 is 9.64 Å². The van der Waals surface area contributed by atoms with Crippen LogP contribution in [-0.4, -0.2) is 58.6 Å². The van der Waals surface area contributed by atoms with Crippen LogP contribution in [0.15, 0.2) is 28.4 Å². The van der Waals surface area contributed by atoms with Gasteiger partial charge in [0.1, 0.15) is 13.2 Å². The van der Waals surface area contributed by atoms with E-state index < -0.39 is 5.60 Å². The monoisotopic (exact) mass is 400 g/mol. The number of hydrogen-bond acceptors (Lipinski definition) is 9. The summed E-state index contributed by atoms with van der Waals surface area (Å²) in [5.74, 6) is 0.977. The Balaban J connectivity index is 1.77. The van der Waals surface area contributed by atoms with Crippen molar-refractivity contribution >= 4 is 11.6 Å². The van der Waals surface area contributed by atoms with Gasteiger partial charge < -0.3 is 19.5 Å². The zero-order chi connectivity index (χ0) is 20.9. The summed E-state index contributed by atoms with van der Waals surface area (Å²) in [7, 11) is 0. The van der Waals surface area contributed by atoms with E-state index in [2.05, 4.69) is 32.1 Å². The molecular formula is C20H28N6O3. The third kappa shape index (κ3) is 6.43. The Hall–Kier alpha value is -2.65. The highest BCUT2D eigenvalue weighted by Gasteiger charge is 2.19. The van der Waals surface area contributed by atoms with Crippen molar-refractivity contribution < 1.29 is 14.6 Å². The van der Waals surface area contributed by atoms with Crippen LogP contribution in [0.25, 0.3) is 0 Å². The average Bonchev–Trinajstić information content (AvgIpc) is 2.69. The Morgan fingerprint density at radius 1 is 1.14 bits per heavy atom. The van der Waals surface area contributed by atoms with E-state index in [1.54, 1.807) is 13.8 Å². The number of benzene rings is 1. The predicted molar refractivity (Wildman–Crippen MR) is 109 cm³/mol. The Bertz CT molecular complexity index is 860. The normalized spacial score (nSPS) is 15.1. The number of morpholine rings is 1. The molecule has 0 atom stereocenters. The van der Waals surface area contributed by atoms with Crippen molar-refractivity contribution in [3.8, 4) is 6.01 Å². The van der Waals surface area contributed by atoms with Gasteiger partial charge in [0.05, 0.1) is 24.5 Å². The van der Waals surface area contributed by atoms with Crippen LogP contribution in [0.4, 0.5) is 11.6 Å². The molecule has 1 aliphatic rings. The maximum absolute atomic E-state index is 9.92. The first kappa shape index (κ1) is 21.1. The van der Waals surface area contributed by atoms with E-state index in [1.165, 1.54) is 11.1 Å². The van der Waals surface area contributed by atoms with Gasteiger partial charge in [-0.05, 0) is 51.0 Å².